The molecule has 2 heterocycles. The number of sulfonamides is 1. The van der Waals surface area contributed by atoms with Crippen LogP contribution in [0.2, 0.25) is 0 Å². The first kappa shape index (κ1) is 17.9. The van der Waals surface area contributed by atoms with E-state index in [1.165, 1.54) is 10.6 Å². The average molecular weight is 386 g/mol. The summed E-state index contributed by atoms with van der Waals surface area (Å²) < 4.78 is 31.4. The summed E-state index contributed by atoms with van der Waals surface area (Å²) in [6.07, 6.45) is 2.30. The molecule has 0 atom stereocenters. The molecule has 1 amide bonds. The largest absolute Gasteiger partial charge is 0.415 e. The molecule has 2 aromatic rings. The van der Waals surface area contributed by atoms with Crippen LogP contribution in [0, 0.1) is 0 Å². The lowest BCUT2D eigenvalue weighted by Crippen LogP contribution is -2.48. The van der Waals surface area contributed by atoms with Crippen LogP contribution >= 0.6 is 0 Å². The number of ether oxygens (including phenoxy) is 1. The zero-order chi connectivity index (χ0) is 19.1. The van der Waals surface area contributed by atoms with Crippen molar-refractivity contribution in [1.29, 1.82) is 0 Å². The van der Waals surface area contributed by atoms with Crippen molar-refractivity contribution in [2.45, 2.75) is 18.3 Å². The number of anilines is 1. The van der Waals surface area contributed by atoms with E-state index in [-0.39, 0.29) is 11.5 Å². The van der Waals surface area contributed by atoms with E-state index in [0.717, 1.165) is 11.3 Å². The van der Waals surface area contributed by atoms with Gasteiger partial charge in [-0.1, -0.05) is 36.4 Å². The Labute approximate surface area is 159 Å². The Balaban J connectivity index is 1.51. The second-order valence-electron chi connectivity index (χ2n) is 7.24. The fourth-order valence-electron chi connectivity index (χ4n) is 4.08. The van der Waals surface area contributed by atoms with Crippen molar-refractivity contribution in [2.24, 2.45) is 0 Å². The van der Waals surface area contributed by atoms with Gasteiger partial charge in [0.05, 0.1) is 11.9 Å². The first-order valence-electron chi connectivity index (χ1n) is 8.98. The van der Waals surface area contributed by atoms with Crippen LogP contribution in [0.15, 0.2) is 54.6 Å². The first-order chi connectivity index (χ1) is 12.9. The number of hydrogen-bond acceptors (Lipinski definition) is 4. The van der Waals surface area contributed by atoms with Crippen molar-refractivity contribution in [3.8, 4) is 5.75 Å². The van der Waals surface area contributed by atoms with Crippen molar-refractivity contribution < 1.29 is 17.9 Å². The summed E-state index contributed by atoms with van der Waals surface area (Å²) in [6, 6.07) is 16.7. The summed E-state index contributed by atoms with van der Waals surface area (Å²) in [5.41, 5.74) is 1.58. The van der Waals surface area contributed by atoms with Gasteiger partial charge in [0, 0.05) is 25.0 Å². The van der Waals surface area contributed by atoms with Crippen molar-refractivity contribution in [3.05, 3.63) is 60.2 Å². The summed E-state index contributed by atoms with van der Waals surface area (Å²) in [6.45, 7) is 1.52. The summed E-state index contributed by atoms with van der Waals surface area (Å²) >= 11 is 0. The highest BCUT2D eigenvalue weighted by Gasteiger charge is 2.47. The highest BCUT2D eigenvalue weighted by atomic mass is 32.2. The van der Waals surface area contributed by atoms with Gasteiger partial charge in [-0.25, -0.2) is 13.2 Å². The summed E-state index contributed by atoms with van der Waals surface area (Å²) in [4.78, 5) is 14.1. The Kier molecular flexibility index (Phi) is 4.34. The van der Waals surface area contributed by atoms with Crippen LogP contribution in [0.1, 0.15) is 18.4 Å². The Morgan fingerprint density at radius 3 is 2.30 bits per heavy atom. The number of para-hydroxylation sites is 2. The fraction of sp³-hybridized carbons (Fsp3) is 0.350. The molecule has 0 N–H and O–H groups in total. The van der Waals surface area contributed by atoms with E-state index in [1.807, 2.05) is 42.5 Å². The number of fused-ring (bicyclic) bond motifs is 2. The zero-order valence-electron chi connectivity index (χ0n) is 15.2. The van der Waals surface area contributed by atoms with E-state index >= 15 is 0 Å². The predicted molar refractivity (Wildman–Crippen MR) is 104 cm³/mol. The van der Waals surface area contributed by atoms with Gasteiger partial charge < -0.3 is 9.64 Å². The number of amides is 1. The SMILES string of the molecule is CS(=O)(=O)N1CC2(CCN(C(=O)Oc3ccccc3)CC2)c2ccccc21. The zero-order valence-corrected chi connectivity index (χ0v) is 16.0. The molecule has 0 bridgehead atoms. The van der Waals surface area contributed by atoms with Gasteiger partial charge in [0.1, 0.15) is 5.75 Å². The first-order valence-corrected chi connectivity index (χ1v) is 10.8. The third-order valence-corrected chi connectivity index (χ3v) is 6.64. The van der Waals surface area contributed by atoms with Crippen molar-refractivity contribution in [3.63, 3.8) is 0 Å². The van der Waals surface area contributed by atoms with Gasteiger partial charge in [-0.05, 0) is 36.6 Å². The number of likely N-dealkylation sites (tertiary alicyclic amines) is 1. The molecule has 142 valence electrons. The minimum Gasteiger partial charge on any atom is -0.410 e. The maximum absolute atomic E-state index is 12.4. The normalized spacial score (nSPS) is 18.4. The quantitative estimate of drug-likeness (QED) is 0.796. The molecular weight excluding hydrogens is 364 g/mol. The molecule has 4 rings (SSSR count). The van der Waals surface area contributed by atoms with E-state index in [4.69, 9.17) is 4.74 Å². The van der Waals surface area contributed by atoms with E-state index in [2.05, 4.69) is 0 Å². The van der Waals surface area contributed by atoms with E-state index in [9.17, 15) is 13.2 Å². The molecule has 2 aromatic carbocycles. The smallest absolute Gasteiger partial charge is 0.410 e. The molecule has 0 unspecified atom stereocenters. The maximum atomic E-state index is 12.4. The third kappa shape index (κ3) is 3.27. The number of rotatable bonds is 2. The van der Waals surface area contributed by atoms with E-state index < -0.39 is 10.0 Å². The van der Waals surface area contributed by atoms with Crippen LogP contribution in [0.25, 0.3) is 0 Å². The number of benzene rings is 2. The molecule has 0 aromatic heterocycles. The molecule has 0 aliphatic carbocycles. The van der Waals surface area contributed by atoms with E-state index in [0.29, 0.717) is 38.2 Å². The fourth-order valence-corrected chi connectivity index (χ4v) is 5.08. The lowest BCUT2D eigenvalue weighted by molar-refractivity contribution is 0.125. The van der Waals surface area contributed by atoms with Crippen LogP contribution in [0.5, 0.6) is 5.75 Å². The molecule has 0 radical (unpaired) electrons. The number of carbonyl (C=O) groups is 1. The van der Waals surface area contributed by atoms with Crippen LogP contribution in [0.3, 0.4) is 0 Å². The third-order valence-electron chi connectivity index (χ3n) is 5.52. The highest BCUT2D eigenvalue weighted by Crippen LogP contribution is 2.47. The van der Waals surface area contributed by atoms with Crippen LogP contribution in [0.4, 0.5) is 10.5 Å². The molecule has 2 aliphatic rings. The monoisotopic (exact) mass is 386 g/mol. The summed E-state index contributed by atoms with van der Waals surface area (Å²) in [5, 5.41) is 0. The lowest BCUT2D eigenvalue weighted by atomic mass is 9.74. The van der Waals surface area contributed by atoms with Crippen molar-refractivity contribution in [1.82, 2.24) is 4.90 Å². The van der Waals surface area contributed by atoms with Gasteiger partial charge in [0.25, 0.3) is 0 Å². The second-order valence-corrected chi connectivity index (χ2v) is 9.14. The topological polar surface area (TPSA) is 66.9 Å². The second kappa shape index (κ2) is 6.56. The number of nitrogens with zero attached hydrogens (tertiary/aromatic N) is 2. The molecule has 2 aliphatic heterocycles. The average Bonchev–Trinajstić information content (AvgIpc) is 2.98. The van der Waals surface area contributed by atoms with Gasteiger partial charge in [0.15, 0.2) is 0 Å². The Morgan fingerprint density at radius 1 is 1.00 bits per heavy atom. The van der Waals surface area contributed by atoms with Gasteiger partial charge in [-0.2, -0.15) is 0 Å². The molecule has 1 fully saturated rings. The van der Waals surface area contributed by atoms with Crippen LogP contribution in [-0.2, 0) is 15.4 Å². The van der Waals surface area contributed by atoms with E-state index in [1.54, 1.807) is 17.0 Å². The molecule has 0 saturated carbocycles. The highest BCUT2D eigenvalue weighted by molar-refractivity contribution is 7.92. The molecule has 7 heteroatoms. The van der Waals surface area contributed by atoms with Gasteiger partial charge in [-0.15, -0.1) is 0 Å². The standard InChI is InChI=1S/C20H22N2O4S/c1-27(24,25)22-15-20(17-9-5-6-10-18(17)22)11-13-21(14-12-20)19(23)26-16-7-3-2-4-8-16/h2-10H,11-15H2,1H3. The number of hydrogen-bond donors (Lipinski definition) is 0. The minimum absolute atomic E-state index is 0.247. The Bertz CT molecular complexity index is 951. The molecule has 1 saturated heterocycles. The van der Waals surface area contributed by atoms with Gasteiger partial charge >= 0.3 is 6.09 Å². The van der Waals surface area contributed by atoms with Crippen LogP contribution in [-0.4, -0.2) is 45.3 Å². The Hall–Kier alpha value is -2.54. The lowest BCUT2D eigenvalue weighted by Gasteiger charge is -2.39. The Morgan fingerprint density at radius 2 is 1.63 bits per heavy atom. The van der Waals surface area contributed by atoms with Crippen molar-refractivity contribution >= 4 is 21.8 Å². The van der Waals surface area contributed by atoms with Gasteiger partial charge in [-0.3, -0.25) is 4.31 Å². The van der Waals surface area contributed by atoms with Gasteiger partial charge in [0.2, 0.25) is 10.0 Å². The predicted octanol–water partition coefficient (Wildman–Crippen LogP) is 3.00. The molecular formula is C20H22N2O4S. The number of carbonyl (C=O) groups excluding carboxylic acids is 1. The molecule has 6 nitrogen and oxygen atoms in total. The van der Waals surface area contributed by atoms with Crippen molar-refractivity contribution in [2.75, 3.05) is 30.2 Å². The van der Waals surface area contributed by atoms with Crippen LogP contribution < -0.4 is 9.04 Å². The minimum atomic E-state index is -3.33. The summed E-state index contributed by atoms with van der Waals surface area (Å²) in [7, 11) is -3.33. The maximum Gasteiger partial charge on any atom is 0.415 e. The molecule has 27 heavy (non-hydrogen) atoms. The number of piperidine rings is 1. The molecule has 1 spiro atoms. The summed E-state index contributed by atoms with van der Waals surface area (Å²) in [5.74, 6) is 0.525.